The third-order valence-corrected chi connectivity index (χ3v) is 5.53. The average Bonchev–Trinajstić information content (AvgIpc) is 3.39. The van der Waals surface area contributed by atoms with E-state index in [1.54, 1.807) is 30.3 Å². The number of aliphatic imine (C=N–C) groups is 1. The summed E-state index contributed by atoms with van der Waals surface area (Å²) in [5.74, 6) is 0.758. The van der Waals surface area contributed by atoms with Crippen LogP contribution in [-0.2, 0) is 22.7 Å². The predicted molar refractivity (Wildman–Crippen MR) is 117 cm³/mol. The minimum absolute atomic E-state index is 0.0183. The van der Waals surface area contributed by atoms with Crippen LogP contribution in [0.15, 0.2) is 46.8 Å². The molecule has 154 valence electrons. The zero-order valence-electron chi connectivity index (χ0n) is 16.9. The molecule has 8 heteroatoms. The summed E-state index contributed by atoms with van der Waals surface area (Å²) < 4.78 is 0. The van der Waals surface area contributed by atoms with E-state index in [0.717, 1.165) is 24.2 Å². The highest BCUT2D eigenvalue weighted by molar-refractivity contribution is 7.09. The Morgan fingerprint density at radius 1 is 1.21 bits per heavy atom. The number of benzene rings is 1. The lowest BCUT2D eigenvalue weighted by Crippen LogP contribution is -2.42. The first-order valence-electron chi connectivity index (χ1n) is 9.67. The quantitative estimate of drug-likeness (QED) is 0.539. The minimum Gasteiger partial charge on any atom is -0.351 e. The number of likely N-dealkylation sites (N-methyl/N-ethyl adjacent to an activating group) is 1. The van der Waals surface area contributed by atoms with Gasteiger partial charge >= 0.3 is 0 Å². The van der Waals surface area contributed by atoms with Crippen LogP contribution in [0.2, 0.25) is 0 Å². The molecule has 2 heterocycles. The third-order valence-electron chi connectivity index (χ3n) is 4.66. The first-order valence-corrected chi connectivity index (χ1v) is 10.5. The number of rotatable bonds is 7. The second-order valence-corrected chi connectivity index (χ2v) is 8.09. The van der Waals surface area contributed by atoms with Crippen LogP contribution in [-0.4, -0.2) is 49.9 Å². The molecule has 0 unspecified atom stereocenters. The van der Waals surface area contributed by atoms with E-state index in [4.69, 9.17) is 0 Å². The smallest absolute Gasteiger partial charge is 0.241 e. The van der Waals surface area contributed by atoms with Gasteiger partial charge in [-0.05, 0) is 35.6 Å². The number of nitrogens with one attached hydrogen (secondary N) is 2. The highest BCUT2D eigenvalue weighted by Crippen LogP contribution is 2.21. The fourth-order valence-electron chi connectivity index (χ4n) is 2.95. The molecule has 0 aliphatic carbocycles. The molecule has 1 fully saturated rings. The Kier molecular flexibility index (Phi) is 7.24. The summed E-state index contributed by atoms with van der Waals surface area (Å²) in [6.07, 6.45) is 1.55. The number of guanidine groups is 1. The van der Waals surface area contributed by atoms with Crippen LogP contribution in [0.1, 0.15) is 23.3 Å². The maximum Gasteiger partial charge on any atom is 0.241 e. The van der Waals surface area contributed by atoms with Crippen molar-refractivity contribution in [2.75, 3.05) is 32.1 Å². The second kappa shape index (κ2) is 10.1. The first kappa shape index (κ1) is 20.9. The number of nitrogens with zero attached hydrogens (tertiary/aromatic N) is 3. The largest absolute Gasteiger partial charge is 0.351 e. The highest BCUT2D eigenvalue weighted by Gasteiger charge is 2.21. The van der Waals surface area contributed by atoms with Crippen LogP contribution in [0.5, 0.6) is 0 Å². The Morgan fingerprint density at radius 3 is 2.62 bits per heavy atom. The molecule has 29 heavy (non-hydrogen) atoms. The number of anilines is 1. The lowest BCUT2D eigenvalue weighted by atomic mass is 10.2. The van der Waals surface area contributed by atoms with Gasteiger partial charge in [0.2, 0.25) is 11.8 Å². The number of hydrogen-bond donors (Lipinski definition) is 2. The zero-order chi connectivity index (χ0) is 20.6. The van der Waals surface area contributed by atoms with Crippen molar-refractivity contribution < 1.29 is 9.59 Å². The summed E-state index contributed by atoms with van der Waals surface area (Å²) in [7, 11) is 3.46. The lowest BCUT2D eigenvalue weighted by molar-refractivity contribution is -0.127. The fourth-order valence-corrected chi connectivity index (χ4v) is 3.59. The number of carbonyl (C=O) groups is 2. The first-order chi connectivity index (χ1) is 14.0. The molecule has 0 spiro atoms. The Balaban J connectivity index is 1.62. The van der Waals surface area contributed by atoms with Gasteiger partial charge in [-0.25, -0.2) is 4.99 Å². The molecule has 1 aliphatic rings. The SMILES string of the molecule is CN(C)C(=O)CNC(=NCc1ccc(N2CCCC2=O)cc1)NCc1cccs1. The molecule has 2 aromatic rings. The van der Waals surface area contributed by atoms with Crippen LogP contribution >= 0.6 is 11.3 Å². The number of thiophene rings is 1. The Hall–Kier alpha value is -2.87. The van der Waals surface area contributed by atoms with E-state index in [9.17, 15) is 9.59 Å². The highest BCUT2D eigenvalue weighted by atomic mass is 32.1. The summed E-state index contributed by atoms with van der Waals surface area (Å²) in [4.78, 5) is 33.0. The fraction of sp³-hybridized carbons (Fsp3) is 0.381. The monoisotopic (exact) mass is 413 g/mol. The van der Waals surface area contributed by atoms with Gasteiger partial charge in [0.25, 0.3) is 0 Å². The van der Waals surface area contributed by atoms with Crippen LogP contribution in [0.3, 0.4) is 0 Å². The van der Waals surface area contributed by atoms with E-state index >= 15 is 0 Å². The van der Waals surface area contributed by atoms with Crippen molar-refractivity contribution in [2.24, 2.45) is 4.99 Å². The van der Waals surface area contributed by atoms with E-state index in [-0.39, 0.29) is 18.4 Å². The van der Waals surface area contributed by atoms with E-state index < -0.39 is 0 Å². The molecule has 1 aliphatic heterocycles. The number of hydrogen-bond acceptors (Lipinski definition) is 4. The van der Waals surface area contributed by atoms with Gasteiger partial charge in [-0.2, -0.15) is 0 Å². The average molecular weight is 414 g/mol. The van der Waals surface area contributed by atoms with E-state index in [2.05, 4.69) is 21.7 Å². The second-order valence-electron chi connectivity index (χ2n) is 7.05. The van der Waals surface area contributed by atoms with Gasteiger partial charge in [-0.1, -0.05) is 18.2 Å². The molecule has 0 saturated carbocycles. The van der Waals surface area contributed by atoms with E-state index in [0.29, 0.717) is 25.5 Å². The lowest BCUT2D eigenvalue weighted by Gasteiger charge is -2.16. The zero-order valence-corrected chi connectivity index (χ0v) is 17.7. The third kappa shape index (κ3) is 6.05. The summed E-state index contributed by atoms with van der Waals surface area (Å²) in [5, 5.41) is 8.40. The summed E-state index contributed by atoms with van der Waals surface area (Å²) in [5.41, 5.74) is 1.97. The van der Waals surface area contributed by atoms with Crippen molar-refractivity contribution in [1.82, 2.24) is 15.5 Å². The van der Waals surface area contributed by atoms with E-state index in [1.165, 1.54) is 4.88 Å². The molecule has 7 nitrogen and oxygen atoms in total. The molecule has 1 saturated heterocycles. The Bertz CT molecular complexity index is 846. The van der Waals surface area contributed by atoms with Crippen molar-refractivity contribution in [2.45, 2.75) is 25.9 Å². The van der Waals surface area contributed by atoms with Crippen molar-refractivity contribution >= 4 is 34.8 Å². The normalized spacial score (nSPS) is 14.2. The molecule has 1 aromatic carbocycles. The van der Waals surface area contributed by atoms with Gasteiger partial charge in [0, 0.05) is 37.6 Å². The topological polar surface area (TPSA) is 77.0 Å². The molecule has 0 atom stereocenters. The molecule has 2 N–H and O–H groups in total. The summed E-state index contributed by atoms with van der Waals surface area (Å²) in [6, 6.07) is 12.0. The Morgan fingerprint density at radius 2 is 2.00 bits per heavy atom. The van der Waals surface area contributed by atoms with Gasteiger partial charge < -0.3 is 20.4 Å². The van der Waals surface area contributed by atoms with Crippen LogP contribution in [0.25, 0.3) is 0 Å². The van der Waals surface area contributed by atoms with Gasteiger partial charge in [0.1, 0.15) is 0 Å². The van der Waals surface area contributed by atoms with Gasteiger partial charge in [-0.15, -0.1) is 11.3 Å². The molecule has 3 rings (SSSR count). The molecule has 0 radical (unpaired) electrons. The molecule has 0 bridgehead atoms. The van der Waals surface area contributed by atoms with Gasteiger partial charge in [0.15, 0.2) is 5.96 Å². The van der Waals surface area contributed by atoms with Crippen molar-refractivity contribution in [3.63, 3.8) is 0 Å². The maximum atomic E-state index is 11.9. The number of amides is 2. The standard InChI is InChI=1S/C21H27N5O2S/c1-25(2)20(28)15-24-21(23-14-18-5-4-12-29-18)22-13-16-7-9-17(10-8-16)26-11-3-6-19(26)27/h4-5,7-10,12H,3,6,11,13-15H2,1-2H3,(H2,22,23,24). The van der Waals surface area contributed by atoms with E-state index in [1.807, 2.05) is 40.6 Å². The molecular weight excluding hydrogens is 386 g/mol. The van der Waals surface area contributed by atoms with Gasteiger partial charge in [0.05, 0.1) is 19.6 Å². The molecule has 2 amide bonds. The summed E-state index contributed by atoms with van der Waals surface area (Å²) >= 11 is 1.67. The minimum atomic E-state index is -0.0183. The predicted octanol–water partition coefficient (Wildman–Crippen LogP) is 2.20. The van der Waals surface area contributed by atoms with Crippen molar-refractivity contribution in [3.8, 4) is 0 Å². The van der Waals surface area contributed by atoms with Crippen molar-refractivity contribution in [1.29, 1.82) is 0 Å². The number of carbonyl (C=O) groups excluding carboxylic acids is 2. The van der Waals surface area contributed by atoms with Crippen LogP contribution < -0.4 is 15.5 Å². The molecule has 1 aromatic heterocycles. The van der Waals surface area contributed by atoms with Gasteiger partial charge in [-0.3, -0.25) is 9.59 Å². The summed E-state index contributed by atoms with van der Waals surface area (Å²) in [6.45, 7) is 2.09. The molecular formula is C21H27N5O2S. The van der Waals surface area contributed by atoms with Crippen molar-refractivity contribution in [3.05, 3.63) is 52.2 Å². The maximum absolute atomic E-state index is 11.9. The van der Waals surface area contributed by atoms with Crippen LogP contribution in [0, 0.1) is 0 Å². The van der Waals surface area contributed by atoms with Crippen LogP contribution in [0.4, 0.5) is 5.69 Å². The Labute approximate surface area is 175 Å².